The number of nitrogens with zero attached hydrogens (tertiary/aromatic N) is 1. The molecule has 1 aromatic rings. The number of nitrogens with one attached hydrogen (secondary N) is 1. The molecule has 4 heteroatoms. The second-order valence-electron chi connectivity index (χ2n) is 6.97. The van der Waals surface area contributed by atoms with Crippen molar-refractivity contribution in [3.8, 4) is 5.75 Å². The quantitative estimate of drug-likeness (QED) is 0.748. The third-order valence-corrected chi connectivity index (χ3v) is 4.30. The highest BCUT2D eigenvalue weighted by Crippen LogP contribution is 2.28. The van der Waals surface area contributed by atoms with Crippen LogP contribution in [0.25, 0.3) is 0 Å². The molecule has 1 atom stereocenters. The number of benzene rings is 1. The fourth-order valence-electron chi connectivity index (χ4n) is 2.71. The van der Waals surface area contributed by atoms with E-state index in [1.807, 2.05) is 19.9 Å². The summed E-state index contributed by atoms with van der Waals surface area (Å²) < 4.78 is 5.96. The predicted octanol–water partition coefficient (Wildman–Crippen LogP) is 3.73. The molecule has 0 saturated carbocycles. The van der Waals surface area contributed by atoms with E-state index >= 15 is 0 Å². The van der Waals surface area contributed by atoms with Gasteiger partial charge in [0.1, 0.15) is 5.75 Å². The smallest absolute Gasteiger partial charge is 0.260 e. The Kier molecular flexibility index (Phi) is 8.26. The second-order valence-corrected chi connectivity index (χ2v) is 6.97. The SMILES string of the molecule is CCN(CCNC(=O)C(C)Oc1cc(C)ccc1C(C)C)C(C)C. The van der Waals surface area contributed by atoms with E-state index in [2.05, 4.69) is 57.0 Å². The first-order chi connectivity index (χ1) is 11.3. The molecule has 1 N–H and O–H groups in total. The maximum Gasteiger partial charge on any atom is 0.260 e. The van der Waals surface area contributed by atoms with Crippen LogP contribution in [0.1, 0.15) is 58.6 Å². The Hall–Kier alpha value is -1.55. The topological polar surface area (TPSA) is 41.6 Å². The summed E-state index contributed by atoms with van der Waals surface area (Å²) in [5.74, 6) is 1.11. The first kappa shape index (κ1) is 20.5. The molecule has 1 aromatic carbocycles. The van der Waals surface area contributed by atoms with Crippen LogP contribution in [0.5, 0.6) is 5.75 Å². The summed E-state index contributed by atoms with van der Waals surface area (Å²) in [6.45, 7) is 17.1. The van der Waals surface area contributed by atoms with Gasteiger partial charge in [0.15, 0.2) is 6.10 Å². The van der Waals surface area contributed by atoms with Crippen LogP contribution >= 0.6 is 0 Å². The molecular formula is C20H34N2O2. The van der Waals surface area contributed by atoms with Crippen molar-refractivity contribution < 1.29 is 9.53 Å². The molecule has 1 amide bonds. The van der Waals surface area contributed by atoms with Gasteiger partial charge in [-0.05, 0) is 57.4 Å². The molecule has 1 unspecified atom stereocenters. The Morgan fingerprint density at radius 2 is 1.88 bits per heavy atom. The lowest BCUT2D eigenvalue weighted by molar-refractivity contribution is -0.127. The van der Waals surface area contributed by atoms with Crippen molar-refractivity contribution in [3.05, 3.63) is 29.3 Å². The molecular weight excluding hydrogens is 300 g/mol. The van der Waals surface area contributed by atoms with Gasteiger partial charge in [0.05, 0.1) is 0 Å². The van der Waals surface area contributed by atoms with Gasteiger partial charge >= 0.3 is 0 Å². The first-order valence-electron chi connectivity index (χ1n) is 9.05. The van der Waals surface area contributed by atoms with Gasteiger partial charge in [-0.2, -0.15) is 0 Å². The van der Waals surface area contributed by atoms with Crippen LogP contribution in [0, 0.1) is 6.92 Å². The van der Waals surface area contributed by atoms with E-state index in [9.17, 15) is 4.79 Å². The van der Waals surface area contributed by atoms with Crippen LogP contribution in [0.3, 0.4) is 0 Å². The normalized spacial score (nSPS) is 12.8. The van der Waals surface area contributed by atoms with E-state index in [-0.39, 0.29) is 5.91 Å². The fourth-order valence-corrected chi connectivity index (χ4v) is 2.71. The van der Waals surface area contributed by atoms with Crippen molar-refractivity contribution in [2.24, 2.45) is 0 Å². The van der Waals surface area contributed by atoms with E-state index in [0.717, 1.165) is 30.0 Å². The predicted molar refractivity (Wildman–Crippen MR) is 101 cm³/mol. The van der Waals surface area contributed by atoms with Crippen LogP contribution < -0.4 is 10.1 Å². The van der Waals surface area contributed by atoms with Gasteiger partial charge in [0.2, 0.25) is 0 Å². The van der Waals surface area contributed by atoms with Crippen molar-refractivity contribution >= 4 is 5.91 Å². The highest BCUT2D eigenvalue weighted by Gasteiger charge is 2.17. The van der Waals surface area contributed by atoms with Crippen molar-refractivity contribution in [1.29, 1.82) is 0 Å². The van der Waals surface area contributed by atoms with Gasteiger partial charge in [0.25, 0.3) is 5.91 Å². The summed E-state index contributed by atoms with van der Waals surface area (Å²) in [7, 11) is 0. The molecule has 0 aliphatic rings. The number of ether oxygens (including phenoxy) is 1. The van der Waals surface area contributed by atoms with Gasteiger partial charge in [-0.3, -0.25) is 9.69 Å². The largest absolute Gasteiger partial charge is 0.481 e. The Morgan fingerprint density at radius 1 is 1.21 bits per heavy atom. The number of amides is 1. The Bertz CT molecular complexity index is 526. The highest BCUT2D eigenvalue weighted by molar-refractivity contribution is 5.80. The van der Waals surface area contributed by atoms with Crippen molar-refractivity contribution in [3.63, 3.8) is 0 Å². The number of hydrogen-bond acceptors (Lipinski definition) is 3. The molecule has 0 aromatic heterocycles. The lowest BCUT2D eigenvalue weighted by Crippen LogP contribution is -2.42. The maximum atomic E-state index is 12.3. The van der Waals surface area contributed by atoms with E-state index in [1.165, 1.54) is 0 Å². The van der Waals surface area contributed by atoms with Gasteiger partial charge in [-0.25, -0.2) is 0 Å². The third-order valence-electron chi connectivity index (χ3n) is 4.30. The van der Waals surface area contributed by atoms with Crippen molar-refractivity contribution in [2.75, 3.05) is 19.6 Å². The molecule has 0 spiro atoms. The molecule has 1 rings (SSSR count). The minimum absolute atomic E-state index is 0.0639. The maximum absolute atomic E-state index is 12.3. The zero-order valence-electron chi connectivity index (χ0n) is 16.3. The van der Waals surface area contributed by atoms with Crippen LogP contribution in [0.4, 0.5) is 0 Å². The number of likely N-dealkylation sites (N-methyl/N-ethyl adjacent to an activating group) is 1. The molecule has 0 heterocycles. The summed E-state index contributed by atoms with van der Waals surface area (Å²) in [6.07, 6.45) is -0.501. The zero-order chi connectivity index (χ0) is 18.3. The van der Waals surface area contributed by atoms with Crippen molar-refractivity contribution in [2.45, 2.75) is 66.5 Å². The number of hydrogen-bond donors (Lipinski definition) is 1. The molecule has 136 valence electrons. The second kappa shape index (κ2) is 9.67. The summed E-state index contributed by atoms with van der Waals surface area (Å²) >= 11 is 0. The minimum atomic E-state index is -0.501. The lowest BCUT2D eigenvalue weighted by Gasteiger charge is -2.25. The molecule has 0 aliphatic carbocycles. The number of carbonyl (C=O) groups is 1. The van der Waals surface area contributed by atoms with Gasteiger partial charge in [-0.15, -0.1) is 0 Å². The van der Waals surface area contributed by atoms with Gasteiger partial charge in [-0.1, -0.05) is 32.9 Å². The molecule has 0 radical (unpaired) electrons. The molecule has 0 bridgehead atoms. The highest BCUT2D eigenvalue weighted by atomic mass is 16.5. The van der Waals surface area contributed by atoms with Crippen LogP contribution in [0.15, 0.2) is 18.2 Å². The summed E-state index contributed by atoms with van der Waals surface area (Å²) in [6, 6.07) is 6.66. The summed E-state index contributed by atoms with van der Waals surface area (Å²) in [5, 5.41) is 2.98. The Labute approximate surface area is 147 Å². The van der Waals surface area contributed by atoms with E-state index in [4.69, 9.17) is 4.74 Å². The molecule has 0 aliphatic heterocycles. The monoisotopic (exact) mass is 334 g/mol. The Morgan fingerprint density at radius 3 is 2.42 bits per heavy atom. The Balaban J connectivity index is 2.60. The van der Waals surface area contributed by atoms with Crippen LogP contribution in [-0.2, 0) is 4.79 Å². The average molecular weight is 335 g/mol. The van der Waals surface area contributed by atoms with Crippen LogP contribution in [0.2, 0.25) is 0 Å². The molecule has 24 heavy (non-hydrogen) atoms. The molecule has 0 fully saturated rings. The number of rotatable bonds is 9. The summed E-state index contributed by atoms with van der Waals surface area (Å²) in [5.41, 5.74) is 2.27. The zero-order valence-corrected chi connectivity index (χ0v) is 16.3. The van der Waals surface area contributed by atoms with Crippen molar-refractivity contribution in [1.82, 2.24) is 10.2 Å². The number of aryl methyl sites for hydroxylation is 1. The van der Waals surface area contributed by atoms with Gasteiger partial charge < -0.3 is 10.1 Å². The minimum Gasteiger partial charge on any atom is -0.481 e. The van der Waals surface area contributed by atoms with E-state index < -0.39 is 6.10 Å². The standard InChI is InChI=1S/C20H34N2O2/c1-8-22(15(4)5)12-11-21-20(23)17(7)24-19-13-16(6)9-10-18(19)14(2)3/h9-10,13-15,17H,8,11-12H2,1-7H3,(H,21,23). The number of carbonyl (C=O) groups excluding carboxylic acids is 1. The van der Waals surface area contributed by atoms with E-state index in [1.54, 1.807) is 0 Å². The average Bonchev–Trinajstić information content (AvgIpc) is 2.50. The van der Waals surface area contributed by atoms with Gasteiger partial charge in [0, 0.05) is 19.1 Å². The molecule has 4 nitrogen and oxygen atoms in total. The van der Waals surface area contributed by atoms with E-state index in [0.29, 0.717) is 18.5 Å². The lowest BCUT2D eigenvalue weighted by atomic mass is 10.0. The van der Waals surface area contributed by atoms with Crippen LogP contribution in [-0.4, -0.2) is 42.6 Å². The third kappa shape index (κ3) is 6.16. The summed E-state index contributed by atoms with van der Waals surface area (Å²) in [4.78, 5) is 14.6. The molecule has 0 saturated heterocycles. The first-order valence-corrected chi connectivity index (χ1v) is 9.05. The fraction of sp³-hybridized carbons (Fsp3) is 0.650.